The Balaban J connectivity index is 2.25. The zero-order valence-electron chi connectivity index (χ0n) is 8.47. The molecule has 1 rings (SSSR count). The van der Waals surface area contributed by atoms with Gasteiger partial charge < -0.3 is 5.11 Å². The topological polar surface area (TPSA) is 37.3 Å². The first-order valence-electron chi connectivity index (χ1n) is 4.89. The Bertz CT molecular complexity index is 350. The summed E-state index contributed by atoms with van der Waals surface area (Å²) in [6.07, 6.45) is 8.29. The second-order valence-corrected chi connectivity index (χ2v) is 3.15. The van der Waals surface area contributed by atoms with Crippen molar-refractivity contribution in [1.29, 1.82) is 0 Å². The van der Waals surface area contributed by atoms with Crippen LogP contribution in [0.3, 0.4) is 0 Å². The van der Waals surface area contributed by atoms with Crippen LogP contribution in [0.2, 0.25) is 0 Å². The number of benzene rings is 1. The van der Waals surface area contributed by atoms with Crippen LogP contribution in [0.5, 0.6) is 0 Å². The predicted molar refractivity (Wildman–Crippen MR) is 60.7 cm³/mol. The van der Waals surface area contributed by atoms with E-state index in [9.17, 15) is 4.79 Å². The third kappa shape index (κ3) is 5.47. The molecule has 15 heavy (non-hydrogen) atoms. The van der Waals surface area contributed by atoms with E-state index in [2.05, 4.69) is 12.1 Å². The monoisotopic (exact) mass is 202 g/mol. The molecule has 0 aliphatic rings. The van der Waals surface area contributed by atoms with E-state index < -0.39 is 5.97 Å². The SMILES string of the molecule is O=C(O)C=CC=CCCc1ccccc1. The highest BCUT2D eigenvalue weighted by Gasteiger charge is 1.87. The Hall–Kier alpha value is -1.83. The quantitative estimate of drug-likeness (QED) is 0.589. The molecule has 0 radical (unpaired) electrons. The molecule has 1 aromatic carbocycles. The van der Waals surface area contributed by atoms with Gasteiger partial charge in [0, 0.05) is 6.08 Å². The Morgan fingerprint density at radius 1 is 1.20 bits per heavy atom. The smallest absolute Gasteiger partial charge is 0.328 e. The number of aryl methyl sites for hydroxylation is 1. The Morgan fingerprint density at radius 3 is 2.60 bits per heavy atom. The number of carboxylic acid groups (broad SMARTS) is 1. The summed E-state index contributed by atoms with van der Waals surface area (Å²) in [5.74, 6) is -0.914. The van der Waals surface area contributed by atoms with Crippen molar-refractivity contribution in [3.63, 3.8) is 0 Å². The van der Waals surface area contributed by atoms with Gasteiger partial charge in [0.25, 0.3) is 0 Å². The molecule has 0 bridgehead atoms. The molecule has 0 amide bonds. The molecule has 1 N–H and O–H groups in total. The largest absolute Gasteiger partial charge is 0.478 e. The van der Waals surface area contributed by atoms with Crippen LogP contribution in [0.25, 0.3) is 0 Å². The average Bonchev–Trinajstić information content (AvgIpc) is 2.24. The molecule has 0 aromatic heterocycles. The first kappa shape index (κ1) is 11.2. The van der Waals surface area contributed by atoms with E-state index >= 15 is 0 Å². The summed E-state index contributed by atoms with van der Waals surface area (Å²) in [6, 6.07) is 10.2. The fraction of sp³-hybridized carbons (Fsp3) is 0.154. The molecule has 0 spiro atoms. The lowest BCUT2D eigenvalue weighted by Gasteiger charge is -1.95. The van der Waals surface area contributed by atoms with Crippen molar-refractivity contribution >= 4 is 5.97 Å². The van der Waals surface area contributed by atoms with Crippen molar-refractivity contribution in [1.82, 2.24) is 0 Å². The summed E-state index contributed by atoms with van der Waals surface area (Å²) in [4.78, 5) is 10.1. The third-order valence-electron chi connectivity index (χ3n) is 1.93. The Labute approximate surface area is 89.6 Å². The molecule has 2 heteroatoms. The van der Waals surface area contributed by atoms with E-state index in [4.69, 9.17) is 5.11 Å². The highest BCUT2D eigenvalue weighted by Crippen LogP contribution is 2.02. The van der Waals surface area contributed by atoms with Crippen LogP contribution < -0.4 is 0 Å². The number of hydrogen-bond acceptors (Lipinski definition) is 1. The van der Waals surface area contributed by atoms with E-state index in [-0.39, 0.29) is 0 Å². The number of rotatable bonds is 5. The van der Waals surface area contributed by atoms with E-state index in [0.29, 0.717) is 0 Å². The number of carboxylic acids is 1. The van der Waals surface area contributed by atoms with Crippen LogP contribution in [0, 0.1) is 0 Å². The second kappa shape index (κ2) is 6.60. The van der Waals surface area contributed by atoms with Gasteiger partial charge in [-0.05, 0) is 18.4 Å². The molecule has 0 atom stereocenters. The summed E-state index contributed by atoms with van der Waals surface area (Å²) in [6.45, 7) is 0. The summed E-state index contributed by atoms with van der Waals surface area (Å²) in [7, 11) is 0. The van der Waals surface area contributed by atoms with Crippen LogP contribution in [0.1, 0.15) is 12.0 Å². The molecule has 0 heterocycles. The van der Waals surface area contributed by atoms with E-state index in [1.807, 2.05) is 24.3 Å². The number of allylic oxidation sites excluding steroid dienone is 3. The first-order chi connectivity index (χ1) is 7.29. The van der Waals surface area contributed by atoms with Gasteiger partial charge in [-0.1, -0.05) is 48.6 Å². The standard InChI is InChI=1S/C13H14O2/c14-13(15)11-7-2-1-4-8-12-9-5-3-6-10-12/h1-3,5-7,9-11H,4,8H2,(H,14,15). The Kier molecular flexibility index (Phi) is 4.95. The molecule has 0 unspecified atom stereocenters. The predicted octanol–water partition coefficient (Wildman–Crippen LogP) is 2.82. The Morgan fingerprint density at radius 2 is 1.93 bits per heavy atom. The molecule has 0 saturated carbocycles. The van der Waals surface area contributed by atoms with Crippen molar-refractivity contribution < 1.29 is 9.90 Å². The highest BCUT2D eigenvalue weighted by molar-refractivity contribution is 5.80. The lowest BCUT2D eigenvalue weighted by Crippen LogP contribution is -1.84. The molecule has 0 saturated heterocycles. The normalized spacial score (nSPS) is 11.2. The summed E-state index contributed by atoms with van der Waals surface area (Å²) in [5, 5.41) is 8.33. The van der Waals surface area contributed by atoms with Crippen molar-refractivity contribution in [3.8, 4) is 0 Å². The zero-order chi connectivity index (χ0) is 10.9. The van der Waals surface area contributed by atoms with E-state index in [1.54, 1.807) is 6.08 Å². The van der Waals surface area contributed by atoms with E-state index in [0.717, 1.165) is 18.9 Å². The summed E-state index contributed by atoms with van der Waals surface area (Å²) in [5.41, 5.74) is 1.30. The molecule has 0 aliphatic heterocycles. The number of aliphatic carboxylic acids is 1. The van der Waals surface area contributed by atoms with E-state index in [1.165, 1.54) is 11.6 Å². The fourth-order valence-electron chi connectivity index (χ4n) is 1.21. The van der Waals surface area contributed by atoms with Crippen LogP contribution >= 0.6 is 0 Å². The van der Waals surface area contributed by atoms with Gasteiger partial charge in [-0.15, -0.1) is 0 Å². The number of carbonyl (C=O) groups is 1. The average molecular weight is 202 g/mol. The van der Waals surface area contributed by atoms with Crippen molar-refractivity contribution in [2.45, 2.75) is 12.8 Å². The van der Waals surface area contributed by atoms with Gasteiger partial charge in [0.1, 0.15) is 0 Å². The maximum atomic E-state index is 10.1. The molecular formula is C13H14O2. The lowest BCUT2D eigenvalue weighted by molar-refractivity contribution is -0.131. The van der Waals surface area contributed by atoms with Crippen LogP contribution in [0.15, 0.2) is 54.6 Å². The highest BCUT2D eigenvalue weighted by atomic mass is 16.4. The second-order valence-electron chi connectivity index (χ2n) is 3.15. The lowest BCUT2D eigenvalue weighted by atomic mass is 10.1. The summed E-state index contributed by atoms with van der Waals surface area (Å²) >= 11 is 0. The maximum Gasteiger partial charge on any atom is 0.328 e. The maximum absolute atomic E-state index is 10.1. The van der Waals surface area contributed by atoms with Gasteiger partial charge in [-0.25, -0.2) is 4.79 Å². The minimum absolute atomic E-state index is 0.914. The van der Waals surface area contributed by atoms with Crippen LogP contribution in [-0.4, -0.2) is 11.1 Å². The molecular weight excluding hydrogens is 188 g/mol. The van der Waals surface area contributed by atoms with Gasteiger partial charge >= 0.3 is 5.97 Å². The van der Waals surface area contributed by atoms with Gasteiger partial charge in [0.15, 0.2) is 0 Å². The minimum Gasteiger partial charge on any atom is -0.478 e. The van der Waals surface area contributed by atoms with Gasteiger partial charge in [0.2, 0.25) is 0 Å². The van der Waals surface area contributed by atoms with Crippen molar-refractivity contribution in [2.75, 3.05) is 0 Å². The minimum atomic E-state index is -0.914. The van der Waals surface area contributed by atoms with Gasteiger partial charge in [0.05, 0.1) is 0 Å². The molecule has 1 aromatic rings. The van der Waals surface area contributed by atoms with Gasteiger partial charge in [-0.2, -0.15) is 0 Å². The molecule has 0 aliphatic carbocycles. The van der Waals surface area contributed by atoms with Crippen LogP contribution in [0.4, 0.5) is 0 Å². The molecule has 78 valence electrons. The van der Waals surface area contributed by atoms with Crippen LogP contribution in [-0.2, 0) is 11.2 Å². The fourth-order valence-corrected chi connectivity index (χ4v) is 1.21. The van der Waals surface area contributed by atoms with Crippen molar-refractivity contribution in [2.24, 2.45) is 0 Å². The van der Waals surface area contributed by atoms with Crippen molar-refractivity contribution in [3.05, 3.63) is 60.2 Å². The number of hydrogen-bond donors (Lipinski definition) is 1. The first-order valence-corrected chi connectivity index (χ1v) is 4.89. The zero-order valence-corrected chi connectivity index (χ0v) is 8.47. The molecule has 2 nitrogen and oxygen atoms in total. The van der Waals surface area contributed by atoms with Gasteiger partial charge in [-0.3, -0.25) is 0 Å². The third-order valence-corrected chi connectivity index (χ3v) is 1.93. The summed E-state index contributed by atoms with van der Waals surface area (Å²) < 4.78 is 0. The molecule has 0 fully saturated rings.